The van der Waals surface area contributed by atoms with E-state index in [1.54, 1.807) is 21.1 Å². The molecule has 0 aromatic heterocycles. The van der Waals surface area contributed by atoms with Crippen LogP contribution in [0.15, 0.2) is 35.5 Å². The van der Waals surface area contributed by atoms with Crippen LogP contribution in [0, 0.1) is 0 Å². The summed E-state index contributed by atoms with van der Waals surface area (Å²) >= 11 is 0. The average Bonchev–Trinajstić information content (AvgIpc) is 2.58. The van der Waals surface area contributed by atoms with Gasteiger partial charge in [-0.15, -0.1) is 0 Å². The molecular formula is C20H28N2O4. The summed E-state index contributed by atoms with van der Waals surface area (Å²) in [5.41, 5.74) is 3.08. The molecular weight excluding hydrogens is 332 g/mol. The zero-order valence-corrected chi connectivity index (χ0v) is 16.4. The molecule has 6 heteroatoms. The molecule has 1 heterocycles. The summed E-state index contributed by atoms with van der Waals surface area (Å²) in [7, 11) is 3.18. The molecule has 2 amide bonds. The van der Waals surface area contributed by atoms with Gasteiger partial charge in [0, 0.05) is 19.9 Å². The molecule has 1 atom stereocenters. The Labute approximate surface area is 155 Å². The third-order valence-corrected chi connectivity index (χ3v) is 4.60. The zero-order chi connectivity index (χ0) is 19.5. The van der Waals surface area contributed by atoms with Crippen molar-refractivity contribution in [2.75, 3.05) is 27.4 Å². The first-order valence-corrected chi connectivity index (χ1v) is 8.68. The number of hydrogen-bond donors (Lipinski definition) is 1. The second-order valence-corrected chi connectivity index (χ2v) is 7.44. The van der Waals surface area contributed by atoms with Gasteiger partial charge in [-0.1, -0.05) is 45.0 Å². The minimum atomic E-state index is -0.539. The molecule has 0 bridgehead atoms. The number of nitrogens with one attached hydrogen (secondary N) is 1. The number of carbonyl (C=O) groups excluding carboxylic acids is 2. The topological polar surface area (TPSA) is 67.9 Å². The maximum absolute atomic E-state index is 12.6. The van der Waals surface area contributed by atoms with E-state index < -0.39 is 12.0 Å². The molecule has 1 aliphatic rings. The highest BCUT2D eigenvalue weighted by atomic mass is 16.6. The Balaban J connectivity index is 2.37. The van der Waals surface area contributed by atoms with Crippen LogP contribution in [-0.4, -0.2) is 44.3 Å². The molecule has 0 saturated heterocycles. The molecule has 6 nitrogen and oxygen atoms in total. The molecule has 0 spiro atoms. The Morgan fingerprint density at radius 3 is 2.35 bits per heavy atom. The highest BCUT2D eigenvalue weighted by Gasteiger charge is 2.35. The molecule has 2 rings (SSSR count). The van der Waals surface area contributed by atoms with Crippen molar-refractivity contribution in [1.29, 1.82) is 0 Å². The van der Waals surface area contributed by atoms with Crippen molar-refractivity contribution < 1.29 is 19.1 Å². The minimum Gasteiger partial charge on any atom is -0.460 e. The van der Waals surface area contributed by atoms with Gasteiger partial charge in [-0.05, 0) is 23.5 Å². The van der Waals surface area contributed by atoms with Crippen LogP contribution in [0.2, 0.25) is 0 Å². The third-order valence-electron chi connectivity index (χ3n) is 4.60. The second-order valence-electron chi connectivity index (χ2n) is 7.44. The van der Waals surface area contributed by atoms with Crippen molar-refractivity contribution >= 4 is 12.0 Å². The molecule has 0 saturated carbocycles. The van der Waals surface area contributed by atoms with Crippen LogP contribution in [0.3, 0.4) is 0 Å². The number of allylic oxidation sites excluding steroid dienone is 1. The maximum Gasteiger partial charge on any atom is 0.338 e. The molecule has 0 fully saturated rings. The van der Waals surface area contributed by atoms with Crippen LogP contribution in [-0.2, 0) is 19.7 Å². The van der Waals surface area contributed by atoms with E-state index in [4.69, 9.17) is 9.47 Å². The van der Waals surface area contributed by atoms with Gasteiger partial charge in [-0.2, -0.15) is 0 Å². The Kier molecular flexibility index (Phi) is 6.08. The van der Waals surface area contributed by atoms with Gasteiger partial charge in [0.05, 0.1) is 18.2 Å². The summed E-state index contributed by atoms with van der Waals surface area (Å²) < 4.78 is 10.2. The first kappa shape index (κ1) is 20.0. The standard InChI is InChI=1S/C20H28N2O4/c1-13-16(18(23)26-12-11-25-6)17(21-19(24)22(13)5)14-7-9-15(10-8-14)20(2,3)4/h7-10,17H,11-12H2,1-6H3,(H,21,24). The van der Waals surface area contributed by atoms with Crippen molar-refractivity contribution in [2.45, 2.75) is 39.2 Å². The molecule has 1 aliphatic heterocycles. The van der Waals surface area contributed by atoms with Gasteiger partial charge < -0.3 is 19.7 Å². The first-order valence-electron chi connectivity index (χ1n) is 8.68. The van der Waals surface area contributed by atoms with Gasteiger partial charge in [-0.3, -0.25) is 0 Å². The molecule has 0 radical (unpaired) electrons. The van der Waals surface area contributed by atoms with Crippen LogP contribution < -0.4 is 5.32 Å². The summed E-state index contributed by atoms with van der Waals surface area (Å²) in [4.78, 5) is 26.3. The summed E-state index contributed by atoms with van der Waals surface area (Å²) in [5, 5.41) is 2.89. The lowest BCUT2D eigenvalue weighted by Crippen LogP contribution is -2.46. The van der Waals surface area contributed by atoms with E-state index in [1.165, 1.54) is 10.5 Å². The molecule has 1 aromatic rings. The van der Waals surface area contributed by atoms with Gasteiger partial charge >= 0.3 is 12.0 Å². The van der Waals surface area contributed by atoms with Gasteiger partial charge in [0.15, 0.2) is 0 Å². The van der Waals surface area contributed by atoms with Crippen molar-refractivity contribution in [3.8, 4) is 0 Å². The third kappa shape index (κ3) is 4.25. The lowest BCUT2D eigenvalue weighted by atomic mass is 9.85. The Morgan fingerprint density at radius 2 is 1.81 bits per heavy atom. The van der Waals surface area contributed by atoms with Gasteiger partial charge in [-0.25, -0.2) is 9.59 Å². The zero-order valence-electron chi connectivity index (χ0n) is 16.4. The van der Waals surface area contributed by atoms with Crippen molar-refractivity contribution in [1.82, 2.24) is 10.2 Å². The van der Waals surface area contributed by atoms with Crippen molar-refractivity contribution in [3.05, 3.63) is 46.7 Å². The van der Waals surface area contributed by atoms with E-state index in [2.05, 4.69) is 26.1 Å². The van der Waals surface area contributed by atoms with E-state index in [-0.39, 0.29) is 18.1 Å². The number of nitrogens with zero attached hydrogens (tertiary/aromatic N) is 1. The van der Waals surface area contributed by atoms with Crippen LogP contribution in [0.1, 0.15) is 44.9 Å². The van der Waals surface area contributed by atoms with E-state index in [0.717, 1.165) is 5.56 Å². The quantitative estimate of drug-likeness (QED) is 0.647. The first-order chi connectivity index (χ1) is 12.2. The highest BCUT2D eigenvalue weighted by Crippen LogP contribution is 2.32. The number of benzene rings is 1. The Bertz CT molecular complexity index is 702. The number of hydrogen-bond acceptors (Lipinski definition) is 4. The van der Waals surface area contributed by atoms with Crippen molar-refractivity contribution in [3.63, 3.8) is 0 Å². The SMILES string of the molecule is COCCOC(=O)C1=C(C)N(C)C(=O)NC1c1ccc(C(C)(C)C)cc1. The van der Waals surface area contributed by atoms with Crippen LogP contribution >= 0.6 is 0 Å². The fourth-order valence-corrected chi connectivity index (χ4v) is 2.82. The minimum absolute atomic E-state index is 0.0300. The molecule has 142 valence electrons. The molecule has 1 unspecified atom stereocenters. The number of carbonyl (C=O) groups is 2. The molecule has 1 N–H and O–H groups in total. The smallest absolute Gasteiger partial charge is 0.338 e. The number of amides is 2. The van der Waals surface area contributed by atoms with Crippen LogP contribution in [0.5, 0.6) is 0 Å². The predicted octanol–water partition coefficient (Wildman–Crippen LogP) is 3.14. The van der Waals surface area contributed by atoms with E-state index in [1.807, 2.05) is 24.3 Å². The number of urea groups is 1. The average molecular weight is 360 g/mol. The largest absolute Gasteiger partial charge is 0.460 e. The lowest BCUT2D eigenvalue weighted by molar-refractivity contribution is -0.140. The van der Waals surface area contributed by atoms with E-state index in [9.17, 15) is 9.59 Å². The van der Waals surface area contributed by atoms with Gasteiger partial charge in [0.2, 0.25) is 0 Å². The normalized spacial score (nSPS) is 18.0. The summed E-state index contributed by atoms with van der Waals surface area (Å²) in [6.45, 7) is 8.67. The maximum atomic E-state index is 12.6. The number of rotatable bonds is 5. The van der Waals surface area contributed by atoms with Gasteiger partial charge in [0.25, 0.3) is 0 Å². The number of esters is 1. The fraction of sp³-hybridized carbons (Fsp3) is 0.500. The summed E-state index contributed by atoms with van der Waals surface area (Å²) in [6.07, 6.45) is 0. The van der Waals surface area contributed by atoms with E-state index >= 15 is 0 Å². The Morgan fingerprint density at radius 1 is 1.19 bits per heavy atom. The monoisotopic (exact) mass is 360 g/mol. The number of methoxy groups -OCH3 is 1. The summed E-state index contributed by atoms with van der Waals surface area (Å²) in [6, 6.07) is 7.18. The van der Waals surface area contributed by atoms with Gasteiger partial charge in [0.1, 0.15) is 6.61 Å². The number of ether oxygens (including phenoxy) is 2. The lowest BCUT2D eigenvalue weighted by Gasteiger charge is -2.33. The second kappa shape index (κ2) is 7.91. The van der Waals surface area contributed by atoms with Crippen LogP contribution in [0.4, 0.5) is 4.79 Å². The Hall–Kier alpha value is -2.34. The van der Waals surface area contributed by atoms with E-state index in [0.29, 0.717) is 17.9 Å². The highest BCUT2D eigenvalue weighted by molar-refractivity contribution is 5.95. The summed E-state index contributed by atoms with van der Waals surface area (Å²) in [5.74, 6) is -0.448. The fourth-order valence-electron chi connectivity index (χ4n) is 2.82. The van der Waals surface area contributed by atoms with Crippen molar-refractivity contribution in [2.24, 2.45) is 0 Å². The van der Waals surface area contributed by atoms with Crippen LogP contribution in [0.25, 0.3) is 0 Å². The molecule has 1 aromatic carbocycles. The molecule has 26 heavy (non-hydrogen) atoms. The molecule has 0 aliphatic carbocycles. The predicted molar refractivity (Wildman–Crippen MR) is 99.7 cm³/mol.